The number of aromatic nitrogens is 2. The fourth-order valence-electron chi connectivity index (χ4n) is 1.35. The normalized spacial score (nSPS) is 12.9. The number of carboxylic acid groups (broad SMARTS) is 1. The highest BCUT2D eigenvalue weighted by Crippen LogP contribution is 2.15. The quantitative estimate of drug-likeness (QED) is 0.757. The fourth-order valence-corrected chi connectivity index (χ4v) is 1.35. The number of pyridine rings is 1. The van der Waals surface area contributed by atoms with Crippen LogP contribution in [0.5, 0.6) is 0 Å². The number of aliphatic carboxylic acids is 1. The Labute approximate surface area is 84.0 Å². The Morgan fingerprint density at radius 1 is 1.67 bits per heavy atom. The number of imidazole rings is 1. The molecule has 2 aromatic rings. The first-order valence-electron chi connectivity index (χ1n) is 4.21. The summed E-state index contributed by atoms with van der Waals surface area (Å²) in [5, 5.41) is 8.72. The Kier molecular flexibility index (Phi) is 2.12. The van der Waals surface area contributed by atoms with Crippen LogP contribution in [0.1, 0.15) is 11.7 Å². The lowest BCUT2D eigenvalue weighted by atomic mass is 10.2. The van der Waals surface area contributed by atoms with Gasteiger partial charge in [-0.2, -0.15) is 0 Å². The number of halogens is 1. The van der Waals surface area contributed by atoms with Crippen molar-refractivity contribution in [2.24, 2.45) is 5.73 Å². The first kappa shape index (κ1) is 9.60. The Balaban J connectivity index is 2.64. The minimum Gasteiger partial charge on any atom is -0.480 e. The van der Waals surface area contributed by atoms with Crippen molar-refractivity contribution < 1.29 is 14.3 Å². The number of nitrogens with two attached hydrogens (primary N) is 1. The summed E-state index contributed by atoms with van der Waals surface area (Å²) < 4.78 is 14.5. The molecule has 0 aliphatic carbocycles. The lowest BCUT2D eigenvalue weighted by molar-refractivity contribution is -0.138. The molecular formula is C9H8FN3O2. The Morgan fingerprint density at radius 3 is 3.07 bits per heavy atom. The molecule has 3 N–H and O–H groups in total. The maximum atomic E-state index is 13.2. The number of carboxylic acids is 1. The van der Waals surface area contributed by atoms with E-state index in [1.807, 2.05) is 0 Å². The molecule has 5 nitrogen and oxygen atoms in total. The molecule has 0 saturated carbocycles. The predicted molar refractivity (Wildman–Crippen MR) is 49.7 cm³/mol. The van der Waals surface area contributed by atoms with Gasteiger partial charge < -0.3 is 10.8 Å². The number of hydrogen-bond acceptors (Lipinski definition) is 3. The lowest BCUT2D eigenvalue weighted by Crippen LogP contribution is -2.22. The third-order valence-electron chi connectivity index (χ3n) is 2.10. The standard InChI is InChI=1S/C9H8FN3O2/c10-5-2-1-3-13-6(4-12-8(5)13)7(11)9(14)15/h1-4,7H,11H2,(H,14,15). The summed E-state index contributed by atoms with van der Waals surface area (Å²) in [6, 6.07) is 1.50. The molecule has 0 radical (unpaired) electrons. The van der Waals surface area contributed by atoms with Gasteiger partial charge in [-0.15, -0.1) is 0 Å². The van der Waals surface area contributed by atoms with Gasteiger partial charge >= 0.3 is 5.97 Å². The third-order valence-corrected chi connectivity index (χ3v) is 2.10. The number of nitrogens with zero attached hydrogens (tertiary/aromatic N) is 2. The first-order chi connectivity index (χ1) is 7.11. The van der Waals surface area contributed by atoms with E-state index in [1.54, 1.807) is 0 Å². The summed E-state index contributed by atoms with van der Waals surface area (Å²) in [6.07, 6.45) is 2.78. The molecule has 78 valence electrons. The predicted octanol–water partition coefficient (Wildman–Crippen LogP) is 0.558. The van der Waals surface area contributed by atoms with Crippen LogP contribution >= 0.6 is 0 Å². The molecule has 0 aliphatic heterocycles. The van der Waals surface area contributed by atoms with Gasteiger partial charge in [0, 0.05) is 6.20 Å². The fraction of sp³-hybridized carbons (Fsp3) is 0.111. The van der Waals surface area contributed by atoms with Gasteiger partial charge in [-0.25, -0.2) is 9.37 Å². The van der Waals surface area contributed by atoms with E-state index in [-0.39, 0.29) is 11.3 Å². The third kappa shape index (κ3) is 1.44. The van der Waals surface area contributed by atoms with Crippen LogP contribution in [0.4, 0.5) is 4.39 Å². The summed E-state index contributed by atoms with van der Waals surface area (Å²) in [6.45, 7) is 0. The number of fused-ring (bicyclic) bond motifs is 1. The molecule has 6 heteroatoms. The van der Waals surface area contributed by atoms with E-state index in [2.05, 4.69) is 4.98 Å². The van der Waals surface area contributed by atoms with Crippen molar-refractivity contribution in [3.8, 4) is 0 Å². The van der Waals surface area contributed by atoms with Crippen LogP contribution < -0.4 is 5.73 Å². The van der Waals surface area contributed by atoms with E-state index in [0.717, 1.165) is 0 Å². The molecule has 0 aromatic carbocycles. The smallest absolute Gasteiger partial charge is 0.326 e. The topological polar surface area (TPSA) is 80.6 Å². The van der Waals surface area contributed by atoms with Crippen molar-refractivity contribution in [2.75, 3.05) is 0 Å². The van der Waals surface area contributed by atoms with Crippen LogP contribution in [0.15, 0.2) is 24.5 Å². The molecule has 15 heavy (non-hydrogen) atoms. The second kappa shape index (κ2) is 3.32. The summed E-state index contributed by atoms with van der Waals surface area (Å²) in [5.74, 6) is -1.69. The van der Waals surface area contributed by atoms with Crippen molar-refractivity contribution in [3.05, 3.63) is 36.0 Å². The molecule has 1 atom stereocenters. The van der Waals surface area contributed by atoms with Crippen molar-refractivity contribution in [3.63, 3.8) is 0 Å². The molecule has 2 heterocycles. The minimum atomic E-state index is -1.21. The largest absolute Gasteiger partial charge is 0.480 e. The average Bonchev–Trinajstić information content (AvgIpc) is 2.61. The van der Waals surface area contributed by atoms with Crippen molar-refractivity contribution in [1.82, 2.24) is 9.38 Å². The van der Waals surface area contributed by atoms with Gasteiger partial charge in [0.2, 0.25) is 0 Å². The SMILES string of the molecule is NC(C(=O)O)c1cnc2c(F)cccn12. The Bertz CT molecular complexity index is 523. The van der Waals surface area contributed by atoms with Crippen molar-refractivity contribution >= 4 is 11.6 Å². The molecule has 0 saturated heterocycles. The molecule has 0 aliphatic rings. The van der Waals surface area contributed by atoms with Gasteiger partial charge in [-0.1, -0.05) is 0 Å². The molecule has 0 bridgehead atoms. The number of carbonyl (C=O) groups is 1. The molecular weight excluding hydrogens is 201 g/mol. The van der Waals surface area contributed by atoms with Gasteiger partial charge in [0.25, 0.3) is 0 Å². The Morgan fingerprint density at radius 2 is 2.40 bits per heavy atom. The summed E-state index contributed by atoms with van der Waals surface area (Å²) in [5.41, 5.74) is 5.74. The summed E-state index contributed by atoms with van der Waals surface area (Å²) in [4.78, 5) is 14.4. The zero-order valence-electron chi connectivity index (χ0n) is 7.59. The van der Waals surface area contributed by atoms with Gasteiger partial charge in [0.1, 0.15) is 6.04 Å². The van der Waals surface area contributed by atoms with E-state index in [4.69, 9.17) is 10.8 Å². The maximum Gasteiger partial charge on any atom is 0.326 e. The van der Waals surface area contributed by atoms with E-state index in [0.29, 0.717) is 0 Å². The van der Waals surface area contributed by atoms with Crippen molar-refractivity contribution in [1.29, 1.82) is 0 Å². The second-order valence-electron chi connectivity index (χ2n) is 3.05. The molecule has 0 fully saturated rings. The highest BCUT2D eigenvalue weighted by atomic mass is 19.1. The molecule has 0 spiro atoms. The average molecular weight is 209 g/mol. The molecule has 2 rings (SSSR count). The highest BCUT2D eigenvalue weighted by Gasteiger charge is 2.19. The van der Waals surface area contributed by atoms with Gasteiger partial charge in [0.15, 0.2) is 11.5 Å². The highest BCUT2D eigenvalue weighted by molar-refractivity contribution is 5.75. The van der Waals surface area contributed by atoms with Crippen LogP contribution in [0.2, 0.25) is 0 Å². The zero-order valence-corrected chi connectivity index (χ0v) is 7.59. The van der Waals surface area contributed by atoms with Crippen molar-refractivity contribution in [2.45, 2.75) is 6.04 Å². The Hall–Kier alpha value is -1.95. The van der Waals surface area contributed by atoms with Crippen LogP contribution in [0, 0.1) is 5.82 Å². The van der Waals surface area contributed by atoms with Gasteiger partial charge in [0.05, 0.1) is 11.9 Å². The van der Waals surface area contributed by atoms with Crippen LogP contribution in [-0.2, 0) is 4.79 Å². The maximum absolute atomic E-state index is 13.2. The molecule has 1 unspecified atom stereocenters. The van der Waals surface area contributed by atoms with E-state index in [9.17, 15) is 9.18 Å². The molecule has 2 aromatic heterocycles. The summed E-state index contributed by atoms with van der Waals surface area (Å²) >= 11 is 0. The van der Waals surface area contributed by atoms with Crippen LogP contribution in [0.3, 0.4) is 0 Å². The first-order valence-corrected chi connectivity index (χ1v) is 4.21. The number of rotatable bonds is 2. The van der Waals surface area contributed by atoms with E-state index in [1.165, 1.54) is 28.9 Å². The van der Waals surface area contributed by atoms with Gasteiger partial charge in [-0.3, -0.25) is 9.20 Å². The summed E-state index contributed by atoms with van der Waals surface area (Å²) in [7, 11) is 0. The van der Waals surface area contributed by atoms with E-state index < -0.39 is 17.8 Å². The van der Waals surface area contributed by atoms with Crippen LogP contribution in [-0.4, -0.2) is 20.5 Å². The second-order valence-corrected chi connectivity index (χ2v) is 3.05. The van der Waals surface area contributed by atoms with Gasteiger partial charge in [-0.05, 0) is 12.1 Å². The molecule has 0 amide bonds. The van der Waals surface area contributed by atoms with Crippen LogP contribution in [0.25, 0.3) is 5.65 Å². The zero-order chi connectivity index (χ0) is 11.0. The number of hydrogen-bond donors (Lipinski definition) is 2. The minimum absolute atomic E-state index is 0.0733. The monoisotopic (exact) mass is 209 g/mol. The van der Waals surface area contributed by atoms with E-state index >= 15 is 0 Å². The lowest BCUT2D eigenvalue weighted by Gasteiger charge is -2.05.